The molecule has 0 radical (unpaired) electrons. The van der Waals surface area contributed by atoms with E-state index in [0.29, 0.717) is 11.9 Å². The van der Waals surface area contributed by atoms with E-state index in [1.807, 2.05) is 7.05 Å². The Morgan fingerprint density at radius 3 is 1.95 bits per heavy atom. The summed E-state index contributed by atoms with van der Waals surface area (Å²) in [4.78, 5) is 15.4. The molecule has 1 N–H and O–H groups in total. The summed E-state index contributed by atoms with van der Waals surface area (Å²) in [5.74, 6) is 3.16. The number of amides is 1. The van der Waals surface area contributed by atoms with Gasteiger partial charge in [0.2, 0.25) is 5.91 Å². The summed E-state index contributed by atoms with van der Waals surface area (Å²) in [5, 5.41) is 3.36. The summed E-state index contributed by atoms with van der Waals surface area (Å²) in [7, 11) is 2.04. The fourth-order valence-corrected chi connectivity index (χ4v) is 6.08. The lowest BCUT2D eigenvalue weighted by molar-refractivity contribution is -0.158. The van der Waals surface area contributed by atoms with Crippen LogP contribution < -0.4 is 5.32 Å². The molecule has 0 unspecified atom stereocenters. The smallest absolute Gasteiger partial charge is 0.228 e. The number of rotatable bonds is 2. The van der Waals surface area contributed by atoms with Crippen LogP contribution in [0, 0.1) is 23.2 Å². The number of carbonyl (C=O) groups excluding carboxylic acids is 1. The zero-order valence-corrected chi connectivity index (χ0v) is 12.7. The van der Waals surface area contributed by atoms with Crippen LogP contribution in [-0.4, -0.2) is 37.0 Å². The molecule has 1 saturated heterocycles. The van der Waals surface area contributed by atoms with Crippen LogP contribution in [0.3, 0.4) is 0 Å². The van der Waals surface area contributed by atoms with Gasteiger partial charge < -0.3 is 10.2 Å². The van der Waals surface area contributed by atoms with Crippen molar-refractivity contribution >= 4 is 5.91 Å². The van der Waals surface area contributed by atoms with Crippen LogP contribution in [0.25, 0.3) is 0 Å². The number of hydrogen-bond acceptors (Lipinski definition) is 2. The Bertz CT molecular complexity index is 363. The van der Waals surface area contributed by atoms with E-state index >= 15 is 0 Å². The number of likely N-dealkylation sites (tertiary alicyclic amines) is 1. The monoisotopic (exact) mass is 276 g/mol. The Morgan fingerprint density at radius 2 is 1.50 bits per heavy atom. The fourth-order valence-electron chi connectivity index (χ4n) is 6.08. The molecule has 20 heavy (non-hydrogen) atoms. The van der Waals surface area contributed by atoms with E-state index in [4.69, 9.17) is 0 Å². The third-order valence-electron chi connectivity index (χ3n) is 6.68. The first-order valence-electron chi connectivity index (χ1n) is 8.65. The minimum Gasteiger partial charge on any atom is -0.342 e. The summed E-state index contributed by atoms with van der Waals surface area (Å²) in [6.45, 7) is 1.96. The van der Waals surface area contributed by atoms with Crippen molar-refractivity contribution in [3.05, 3.63) is 0 Å². The number of piperidine rings is 1. The number of nitrogens with zero attached hydrogens (tertiary/aromatic N) is 1. The van der Waals surface area contributed by atoms with E-state index in [1.165, 1.54) is 38.5 Å². The van der Waals surface area contributed by atoms with Crippen molar-refractivity contribution in [2.45, 2.75) is 57.4 Å². The van der Waals surface area contributed by atoms with Crippen molar-refractivity contribution in [2.75, 3.05) is 20.1 Å². The highest BCUT2D eigenvalue weighted by molar-refractivity contribution is 5.83. The quantitative estimate of drug-likeness (QED) is 0.840. The molecule has 3 heteroatoms. The molecule has 1 amide bonds. The van der Waals surface area contributed by atoms with Crippen LogP contribution in [0.1, 0.15) is 51.4 Å². The Morgan fingerprint density at radius 1 is 1.00 bits per heavy atom. The molecular weight excluding hydrogens is 248 g/mol. The Kier molecular flexibility index (Phi) is 3.10. The molecule has 0 aromatic heterocycles. The van der Waals surface area contributed by atoms with Gasteiger partial charge in [0.15, 0.2) is 0 Å². The van der Waals surface area contributed by atoms with E-state index < -0.39 is 0 Å². The van der Waals surface area contributed by atoms with E-state index in [9.17, 15) is 4.79 Å². The van der Waals surface area contributed by atoms with E-state index in [0.717, 1.165) is 43.7 Å². The van der Waals surface area contributed by atoms with Crippen molar-refractivity contribution in [1.82, 2.24) is 10.2 Å². The molecule has 4 aliphatic carbocycles. The summed E-state index contributed by atoms with van der Waals surface area (Å²) in [5.41, 5.74) is 0.0707. The standard InChI is InChI=1S/C17H28N2O/c1-18-15-2-4-19(5-3-15)16(20)17-9-12-6-13(10-17)8-14(7-12)11-17/h12-15,18H,2-11H2,1H3. The van der Waals surface area contributed by atoms with Crippen molar-refractivity contribution in [1.29, 1.82) is 0 Å². The predicted octanol–water partition coefficient (Wildman–Crippen LogP) is 2.41. The summed E-state index contributed by atoms with van der Waals surface area (Å²) in [6.07, 6.45) is 10.2. The van der Waals surface area contributed by atoms with Gasteiger partial charge in [0, 0.05) is 19.1 Å². The van der Waals surface area contributed by atoms with Gasteiger partial charge in [0.05, 0.1) is 5.41 Å². The summed E-state index contributed by atoms with van der Waals surface area (Å²) >= 11 is 0. The molecule has 3 nitrogen and oxygen atoms in total. The summed E-state index contributed by atoms with van der Waals surface area (Å²) in [6, 6.07) is 0.621. The minimum atomic E-state index is 0.0707. The lowest BCUT2D eigenvalue weighted by Gasteiger charge is -2.57. The molecular formula is C17H28N2O. The second kappa shape index (κ2) is 4.72. The van der Waals surface area contributed by atoms with Gasteiger partial charge in [-0.15, -0.1) is 0 Å². The van der Waals surface area contributed by atoms with Crippen LogP contribution in [-0.2, 0) is 4.79 Å². The van der Waals surface area contributed by atoms with Gasteiger partial charge in [0.25, 0.3) is 0 Å². The molecule has 4 saturated carbocycles. The average Bonchev–Trinajstić information content (AvgIpc) is 2.45. The first kappa shape index (κ1) is 13.1. The van der Waals surface area contributed by atoms with Crippen LogP contribution in [0.5, 0.6) is 0 Å². The van der Waals surface area contributed by atoms with E-state index in [-0.39, 0.29) is 5.41 Å². The van der Waals surface area contributed by atoms with Crippen molar-refractivity contribution in [3.8, 4) is 0 Å². The van der Waals surface area contributed by atoms with Crippen LogP contribution in [0.4, 0.5) is 0 Å². The fraction of sp³-hybridized carbons (Fsp3) is 0.941. The minimum absolute atomic E-state index is 0.0707. The highest BCUT2D eigenvalue weighted by Gasteiger charge is 2.55. The first-order valence-corrected chi connectivity index (χ1v) is 8.65. The predicted molar refractivity (Wildman–Crippen MR) is 79.3 cm³/mol. The normalized spacial score (nSPS) is 44.0. The maximum atomic E-state index is 13.2. The Labute approximate surface area is 122 Å². The molecule has 5 aliphatic rings. The van der Waals surface area contributed by atoms with Crippen LogP contribution in [0.2, 0.25) is 0 Å². The lowest BCUT2D eigenvalue weighted by atomic mass is 9.49. The second-order valence-electron chi connectivity index (χ2n) is 8.05. The lowest BCUT2D eigenvalue weighted by Crippen LogP contribution is -2.56. The van der Waals surface area contributed by atoms with Gasteiger partial charge in [-0.25, -0.2) is 0 Å². The van der Waals surface area contributed by atoms with Crippen molar-refractivity contribution in [2.24, 2.45) is 23.2 Å². The molecule has 1 aliphatic heterocycles. The molecule has 0 aromatic rings. The molecule has 4 bridgehead atoms. The van der Waals surface area contributed by atoms with Gasteiger partial charge in [0.1, 0.15) is 0 Å². The zero-order valence-electron chi connectivity index (χ0n) is 12.7. The Hall–Kier alpha value is -0.570. The topological polar surface area (TPSA) is 32.3 Å². The highest BCUT2D eigenvalue weighted by atomic mass is 16.2. The molecule has 0 atom stereocenters. The first-order chi connectivity index (χ1) is 9.68. The molecule has 112 valence electrons. The van der Waals surface area contributed by atoms with E-state index in [2.05, 4.69) is 10.2 Å². The number of nitrogens with one attached hydrogen (secondary N) is 1. The zero-order chi connectivity index (χ0) is 13.7. The van der Waals surface area contributed by atoms with Crippen LogP contribution in [0.15, 0.2) is 0 Å². The van der Waals surface area contributed by atoms with Gasteiger partial charge in [-0.3, -0.25) is 4.79 Å². The molecule has 0 spiro atoms. The Balaban J connectivity index is 1.48. The van der Waals surface area contributed by atoms with Gasteiger partial charge in [-0.2, -0.15) is 0 Å². The highest BCUT2D eigenvalue weighted by Crippen LogP contribution is 2.60. The maximum absolute atomic E-state index is 13.2. The van der Waals surface area contributed by atoms with E-state index in [1.54, 1.807) is 0 Å². The largest absolute Gasteiger partial charge is 0.342 e. The third-order valence-corrected chi connectivity index (χ3v) is 6.68. The average molecular weight is 276 g/mol. The number of hydrogen-bond donors (Lipinski definition) is 1. The van der Waals surface area contributed by atoms with Gasteiger partial charge in [-0.05, 0) is 76.2 Å². The number of carbonyl (C=O) groups is 1. The van der Waals surface area contributed by atoms with Crippen LogP contribution >= 0.6 is 0 Å². The molecule has 5 fully saturated rings. The van der Waals surface area contributed by atoms with Gasteiger partial charge in [-0.1, -0.05) is 0 Å². The van der Waals surface area contributed by atoms with Gasteiger partial charge >= 0.3 is 0 Å². The maximum Gasteiger partial charge on any atom is 0.228 e. The third kappa shape index (κ3) is 2.01. The molecule has 5 rings (SSSR count). The molecule has 0 aromatic carbocycles. The second-order valence-corrected chi connectivity index (χ2v) is 8.05. The van der Waals surface area contributed by atoms with Crippen molar-refractivity contribution < 1.29 is 4.79 Å². The summed E-state index contributed by atoms with van der Waals surface area (Å²) < 4.78 is 0. The van der Waals surface area contributed by atoms with Crippen molar-refractivity contribution in [3.63, 3.8) is 0 Å². The SMILES string of the molecule is CNC1CCN(C(=O)C23CC4CC(CC(C4)C2)C3)CC1. The molecule has 1 heterocycles.